The van der Waals surface area contributed by atoms with Crippen molar-refractivity contribution in [2.24, 2.45) is 5.92 Å². The monoisotopic (exact) mass is 466 g/mol. The molecule has 30 heavy (non-hydrogen) atoms. The summed E-state index contributed by atoms with van der Waals surface area (Å²) in [5.74, 6) is 1.57. The van der Waals surface area contributed by atoms with E-state index in [1.807, 2.05) is 0 Å². The maximum atomic E-state index is 2.81. The van der Waals surface area contributed by atoms with Crippen molar-refractivity contribution in [1.82, 2.24) is 0 Å². The van der Waals surface area contributed by atoms with Crippen LogP contribution in [-0.4, -0.2) is 16.5 Å². The molecule has 3 fully saturated rings. The molecule has 0 radical (unpaired) electrons. The van der Waals surface area contributed by atoms with E-state index >= 15 is 0 Å². The minimum Gasteiger partial charge on any atom is -0.0939 e. The number of fused-ring (bicyclic) bond motifs is 1. The summed E-state index contributed by atoms with van der Waals surface area (Å²) in [5.41, 5.74) is 5.30. The van der Waals surface area contributed by atoms with Crippen molar-refractivity contribution in [2.45, 2.75) is 119 Å². The molecule has 0 bridgehead atoms. The fraction of sp³-hybridized carbons (Fsp3) is 0.714. The van der Waals surface area contributed by atoms with E-state index in [-0.39, 0.29) is 24.4 Å². The average Bonchev–Trinajstić information content (AvgIpc) is 3.19. The Morgan fingerprint density at radius 3 is 2.03 bits per heavy atom. The third-order valence-electron chi connectivity index (χ3n) is 9.04. The molecule has 3 unspecified atom stereocenters. The molecule has 0 aromatic heterocycles. The predicted molar refractivity (Wildman–Crippen MR) is 129 cm³/mol. The molecular weight excluding hydrogens is 426 g/mol. The van der Waals surface area contributed by atoms with Gasteiger partial charge in [-0.15, -0.1) is 0 Å². The maximum absolute atomic E-state index is 2.81. The van der Waals surface area contributed by atoms with Gasteiger partial charge in [0.2, 0.25) is 0 Å². The first-order valence-corrected chi connectivity index (χ1v) is 14.3. The number of hydrogen-bond acceptors (Lipinski definition) is 0. The molecule has 4 aliphatic carbocycles. The molecule has 4 aliphatic rings. The molecule has 0 N–H and O–H groups in total. The van der Waals surface area contributed by atoms with Crippen molar-refractivity contribution in [3.05, 3.63) is 41.5 Å². The van der Waals surface area contributed by atoms with Crippen molar-refractivity contribution in [2.75, 3.05) is 0 Å². The zero-order chi connectivity index (χ0) is 19.7. The van der Waals surface area contributed by atoms with Crippen molar-refractivity contribution in [3.8, 4) is 0 Å². The van der Waals surface area contributed by atoms with Gasteiger partial charge in [-0.25, -0.2) is 0 Å². The number of rotatable bonds is 4. The molecule has 3 atom stereocenters. The second kappa shape index (κ2) is 10.2. The Morgan fingerprint density at radius 1 is 0.767 bits per heavy atom. The SMILES string of the molecule is CC1(P(C2CCCCC2)C2CCCCC2)CCCCC1C1C=Cc2ccccc21.[Ni]. The molecule has 0 spiro atoms. The summed E-state index contributed by atoms with van der Waals surface area (Å²) < 4.78 is 0. The van der Waals surface area contributed by atoms with Gasteiger partial charge < -0.3 is 0 Å². The van der Waals surface area contributed by atoms with Crippen LogP contribution in [0.25, 0.3) is 6.08 Å². The second-order valence-corrected chi connectivity index (χ2v) is 14.0. The van der Waals surface area contributed by atoms with Crippen LogP contribution < -0.4 is 0 Å². The molecule has 5 rings (SSSR count). The van der Waals surface area contributed by atoms with E-state index in [1.165, 1.54) is 69.8 Å². The van der Waals surface area contributed by atoms with Gasteiger partial charge in [0.25, 0.3) is 0 Å². The molecule has 0 amide bonds. The molecule has 0 aliphatic heterocycles. The summed E-state index contributed by atoms with van der Waals surface area (Å²) in [6.07, 6.45) is 26.3. The molecule has 168 valence electrons. The summed E-state index contributed by atoms with van der Waals surface area (Å²) in [7, 11) is 0.124. The molecule has 0 heterocycles. The van der Waals surface area contributed by atoms with E-state index in [2.05, 4.69) is 43.3 Å². The Kier molecular flexibility index (Phi) is 7.85. The van der Waals surface area contributed by atoms with Gasteiger partial charge in [0.05, 0.1) is 0 Å². The summed E-state index contributed by atoms with van der Waals surface area (Å²) in [4.78, 5) is 0. The fourth-order valence-corrected chi connectivity index (χ4v) is 12.9. The third-order valence-corrected chi connectivity index (χ3v) is 13.4. The van der Waals surface area contributed by atoms with Crippen molar-refractivity contribution in [1.29, 1.82) is 0 Å². The van der Waals surface area contributed by atoms with E-state index < -0.39 is 0 Å². The smallest absolute Gasteiger partial charge is 0.00641 e. The quantitative estimate of drug-likeness (QED) is 0.306. The normalized spacial score (nSPS) is 32.7. The van der Waals surface area contributed by atoms with Gasteiger partial charge in [0.15, 0.2) is 0 Å². The number of benzene rings is 1. The van der Waals surface area contributed by atoms with Crippen LogP contribution in [0.15, 0.2) is 30.3 Å². The zero-order valence-electron chi connectivity index (χ0n) is 18.9. The van der Waals surface area contributed by atoms with Crippen molar-refractivity contribution < 1.29 is 16.5 Å². The molecule has 0 saturated heterocycles. The van der Waals surface area contributed by atoms with E-state index in [9.17, 15) is 0 Å². The van der Waals surface area contributed by atoms with Crippen LogP contribution in [0.2, 0.25) is 0 Å². The van der Waals surface area contributed by atoms with Gasteiger partial charge in [0.1, 0.15) is 0 Å². The van der Waals surface area contributed by atoms with Gasteiger partial charge in [-0.3, -0.25) is 0 Å². The third kappa shape index (κ3) is 4.37. The van der Waals surface area contributed by atoms with E-state index in [4.69, 9.17) is 0 Å². The Balaban J connectivity index is 0.00000218. The van der Waals surface area contributed by atoms with Crippen molar-refractivity contribution in [3.63, 3.8) is 0 Å². The Labute approximate surface area is 196 Å². The van der Waals surface area contributed by atoms with Crippen LogP contribution in [0.4, 0.5) is 0 Å². The molecular formula is C28H41NiP. The van der Waals surface area contributed by atoms with Gasteiger partial charge in [-0.05, 0) is 72.0 Å². The number of allylic oxidation sites excluding steroid dienone is 1. The molecule has 1 aromatic rings. The summed E-state index contributed by atoms with van der Waals surface area (Å²) in [6.45, 7) is 2.81. The van der Waals surface area contributed by atoms with Crippen LogP contribution >= 0.6 is 7.92 Å². The standard InChI is InChI=1S/C28H41P.Ni/c1-28(29(23-13-4-2-5-14-23)24-15-6-3-7-16-24)21-11-10-18-27(28)26-20-19-22-12-8-9-17-25(22)26;/h8-9,12,17,19-20,23-24,26-27H,2-7,10-11,13-16,18,21H2,1H3;. The van der Waals surface area contributed by atoms with Crippen LogP contribution in [0.3, 0.4) is 0 Å². The Hall–Kier alpha value is -0.116. The Bertz CT molecular complexity index is 697. The summed E-state index contributed by atoms with van der Waals surface area (Å²) >= 11 is 0. The Morgan fingerprint density at radius 2 is 1.37 bits per heavy atom. The topological polar surface area (TPSA) is 0 Å². The molecule has 3 saturated carbocycles. The predicted octanol–water partition coefficient (Wildman–Crippen LogP) is 8.89. The minimum atomic E-state index is 0. The van der Waals surface area contributed by atoms with Gasteiger partial charge in [0, 0.05) is 22.4 Å². The maximum Gasteiger partial charge on any atom is 0.00641 e. The summed E-state index contributed by atoms with van der Waals surface area (Å²) in [6, 6.07) is 9.29. The fourth-order valence-electron chi connectivity index (χ4n) is 7.71. The zero-order valence-corrected chi connectivity index (χ0v) is 20.8. The van der Waals surface area contributed by atoms with Gasteiger partial charge in [-0.1, -0.05) is 103 Å². The minimum absolute atomic E-state index is 0. The second-order valence-electron chi connectivity index (χ2n) is 10.7. The van der Waals surface area contributed by atoms with Crippen LogP contribution in [0, 0.1) is 5.92 Å². The van der Waals surface area contributed by atoms with E-state index in [0.717, 1.165) is 17.2 Å². The molecule has 1 aromatic carbocycles. The van der Waals surface area contributed by atoms with Crippen LogP contribution in [0.1, 0.15) is 114 Å². The first-order chi connectivity index (χ1) is 14.3. The van der Waals surface area contributed by atoms with Crippen LogP contribution in [-0.2, 0) is 16.5 Å². The first kappa shape index (κ1) is 23.1. The molecule has 2 heteroatoms. The summed E-state index contributed by atoms with van der Waals surface area (Å²) in [5, 5.41) is 0.601. The molecule has 0 nitrogen and oxygen atoms in total. The van der Waals surface area contributed by atoms with E-state index in [1.54, 1.807) is 31.2 Å². The largest absolute Gasteiger partial charge is 0.0939 e. The van der Waals surface area contributed by atoms with Gasteiger partial charge >= 0.3 is 0 Å². The van der Waals surface area contributed by atoms with Crippen LogP contribution in [0.5, 0.6) is 0 Å². The van der Waals surface area contributed by atoms with Crippen molar-refractivity contribution >= 4 is 14.0 Å². The average molecular weight is 467 g/mol. The first-order valence-electron chi connectivity index (χ1n) is 12.8. The van der Waals surface area contributed by atoms with Gasteiger partial charge in [-0.2, -0.15) is 0 Å². The van der Waals surface area contributed by atoms with E-state index in [0.29, 0.717) is 11.1 Å². The number of hydrogen-bond donors (Lipinski definition) is 0.